The van der Waals surface area contributed by atoms with Gasteiger partial charge in [0.2, 0.25) is 5.91 Å². The first-order valence-electron chi connectivity index (χ1n) is 7.30. The number of sulfonamides is 1. The summed E-state index contributed by atoms with van der Waals surface area (Å²) in [5, 5.41) is 0.0355. The number of aromatic nitrogens is 2. The van der Waals surface area contributed by atoms with Crippen molar-refractivity contribution < 1.29 is 17.9 Å². The Bertz CT molecular complexity index is 644. The summed E-state index contributed by atoms with van der Waals surface area (Å²) in [6.07, 6.45) is 1.50. The molecule has 1 unspecified atom stereocenters. The molecule has 1 aliphatic rings. The van der Waals surface area contributed by atoms with Crippen LogP contribution in [0, 0.1) is 6.92 Å². The summed E-state index contributed by atoms with van der Waals surface area (Å²) < 4.78 is 33.0. The average Bonchev–Trinajstić information content (AvgIpc) is 2.87. The molecular formula is C13H23N5O4S. The molecule has 1 amide bonds. The summed E-state index contributed by atoms with van der Waals surface area (Å²) in [4.78, 5) is 17.7. The number of hydrogen-bond donors (Lipinski definition) is 1. The van der Waals surface area contributed by atoms with Crippen LogP contribution in [-0.2, 0) is 26.6 Å². The highest BCUT2D eigenvalue weighted by Crippen LogP contribution is 2.17. The van der Waals surface area contributed by atoms with E-state index in [4.69, 9.17) is 10.5 Å². The molecule has 0 radical (unpaired) electrons. The monoisotopic (exact) mass is 345 g/mol. The molecule has 2 rings (SSSR count). The molecule has 1 aromatic heterocycles. The van der Waals surface area contributed by atoms with Crippen LogP contribution >= 0.6 is 0 Å². The van der Waals surface area contributed by atoms with Crippen LogP contribution in [0.2, 0.25) is 0 Å². The molecule has 0 saturated carbocycles. The Balaban J connectivity index is 2.02. The molecule has 130 valence electrons. The van der Waals surface area contributed by atoms with E-state index in [1.165, 1.54) is 17.6 Å². The highest BCUT2D eigenvalue weighted by molar-refractivity contribution is 7.89. The van der Waals surface area contributed by atoms with Gasteiger partial charge in [0, 0.05) is 46.5 Å². The number of ether oxygens (including phenoxy) is 1. The van der Waals surface area contributed by atoms with Gasteiger partial charge in [0.25, 0.3) is 10.0 Å². The van der Waals surface area contributed by atoms with Crippen molar-refractivity contribution in [2.75, 3.05) is 39.9 Å². The lowest BCUT2D eigenvalue weighted by Gasteiger charge is -2.34. The molecule has 0 aromatic carbocycles. The van der Waals surface area contributed by atoms with Gasteiger partial charge in [-0.15, -0.1) is 0 Å². The Morgan fingerprint density at radius 2 is 2.00 bits per heavy atom. The van der Waals surface area contributed by atoms with E-state index in [0.29, 0.717) is 18.9 Å². The zero-order valence-corrected chi connectivity index (χ0v) is 14.4. The summed E-state index contributed by atoms with van der Waals surface area (Å²) in [5.74, 6) is 0.403. The fourth-order valence-corrected chi connectivity index (χ4v) is 3.86. The number of imidazole rings is 1. The Kier molecular flexibility index (Phi) is 5.40. The molecule has 1 aromatic rings. The molecule has 0 spiro atoms. The molecule has 9 nitrogen and oxygen atoms in total. The number of hydrogen-bond acceptors (Lipinski definition) is 6. The summed E-state index contributed by atoms with van der Waals surface area (Å²) in [6.45, 7) is 2.95. The van der Waals surface area contributed by atoms with E-state index < -0.39 is 16.1 Å². The van der Waals surface area contributed by atoms with Gasteiger partial charge in [0.05, 0.1) is 6.61 Å². The zero-order valence-electron chi connectivity index (χ0n) is 13.6. The number of nitrogens with zero attached hydrogens (tertiary/aromatic N) is 4. The predicted molar refractivity (Wildman–Crippen MR) is 83.1 cm³/mol. The Labute approximate surface area is 136 Å². The first kappa shape index (κ1) is 17.9. The van der Waals surface area contributed by atoms with Crippen LogP contribution in [0.5, 0.6) is 0 Å². The highest BCUT2D eigenvalue weighted by Gasteiger charge is 2.33. The van der Waals surface area contributed by atoms with Gasteiger partial charge >= 0.3 is 0 Å². The van der Waals surface area contributed by atoms with Gasteiger partial charge in [0.15, 0.2) is 5.03 Å². The van der Waals surface area contributed by atoms with Crippen LogP contribution in [0.15, 0.2) is 11.2 Å². The van der Waals surface area contributed by atoms with Crippen LogP contribution in [0.25, 0.3) is 0 Å². The largest absolute Gasteiger partial charge is 0.383 e. The quantitative estimate of drug-likeness (QED) is 0.698. The highest BCUT2D eigenvalue weighted by atomic mass is 32.2. The van der Waals surface area contributed by atoms with E-state index in [0.717, 1.165) is 0 Å². The lowest BCUT2D eigenvalue weighted by molar-refractivity contribution is -0.134. The second kappa shape index (κ2) is 6.95. The van der Waals surface area contributed by atoms with E-state index in [9.17, 15) is 13.2 Å². The molecule has 1 saturated heterocycles. The van der Waals surface area contributed by atoms with Crippen LogP contribution in [0.3, 0.4) is 0 Å². The Hall–Kier alpha value is -1.49. The minimum absolute atomic E-state index is 0.0355. The van der Waals surface area contributed by atoms with Gasteiger partial charge in [-0.25, -0.2) is 13.4 Å². The number of rotatable bonds is 5. The Morgan fingerprint density at radius 1 is 1.39 bits per heavy atom. The first-order valence-corrected chi connectivity index (χ1v) is 8.74. The Morgan fingerprint density at radius 3 is 2.48 bits per heavy atom. The molecule has 10 heteroatoms. The van der Waals surface area contributed by atoms with Gasteiger partial charge in [-0.2, -0.15) is 4.31 Å². The molecule has 0 bridgehead atoms. The third-order valence-corrected chi connectivity index (χ3v) is 5.67. The normalized spacial score (nSPS) is 18.2. The van der Waals surface area contributed by atoms with Crippen molar-refractivity contribution in [2.24, 2.45) is 12.8 Å². The second-order valence-electron chi connectivity index (χ2n) is 5.53. The molecule has 2 heterocycles. The number of nitrogens with two attached hydrogens (primary N) is 1. The molecule has 23 heavy (non-hydrogen) atoms. The number of methoxy groups -OCH3 is 1. The molecule has 1 aliphatic heterocycles. The number of aryl methyl sites for hydroxylation is 2. The van der Waals surface area contributed by atoms with Crippen molar-refractivity contribution in [3.8, 4) is 0 Å². The summed E-state index contributed by atoms with van der Waals surface area (Å²) >= 11 is 0. The van der Waals surface area contributed by atoms with Gasteiger partial charge in [-0.1, -0.05) is 0 Å². The maximum atomic E-state index is 12.6. The topological polar surface area (TPSA) is 111 Å². The van der Waals surface area contributed by atoms with Crippen LogP contribution < -0.4 is 5.73 Å². The lowest BCUT2D eigenvalue weighted by atomic mass is 10.2. The van der Waals surface area contributed by atoms with Crippen LogP contribution in [-0.4, -0.2) is 79.0 Å². The lowest BCUT2D eigenvalue weighted by Crippen LogP contribution is -2.55. The summed E-state index contributed by atoms with van der Waals surface area (Å²) in [7, 11) is -0.412. The van der Waals surface area contributed by atoms with Crippen molar-refractivity contribution >= 4 is 15.9 Å². The fourth-order valence-electron chi connectivity index (χ4n) is 2.42. The van der Waals surface area contributed by atoms with E-state index in [-0.39, 0.29) is 30.6 Å². The minimum Gasteiger partial charge on any atom is -0.383 e. The van der Waals surface area contributed by atoms with Crippen LogP contribution in [0.1, 0.15) is 5.82 Å². The van der Waals surface area contributed by atoms with E-state index >= 15 is 0 Å². The average molecular weight is 345 g/mol. The smallest absolute Gasteiger partial charge is 0.262 e. The number of amides is 1. The van der Waals surface area contributed by atoms with Crippen LogP contribution in [0.4, 0.5) is 0 Å². The predicted octanol–water partition coefficient (Wildman–Crippen LogP) is -1.46. The molecule has 1 atom stereocenters. The van der Waals surface area contributed by atoms with Crippen molar-refractivity contribution in [2.45, 2.75) is 18.0 Å². The maximum Gasteiger partial charge on any atom is 0.262 e. The second-order valence-corrected chi connectivity index (χ2v) is 7.41. The van der Waals surface area contributed by atoms with Crippen molar-refractivity contribution in [1.82, 2.24) is 18.8 Å². The minimum atomic E-state index is -3.64. The van der Waals surface area contributed by atoms with E-state index in [2.05, 4.69) is 4.98 Å². The molecule has 2 N–H and O–H groups in total. The maximum absolute atomic E-state index is 12.6. The van der Waals surface area contributed by atoms with Crippen molar-refractivity contribution in [3.63, 3.8) is 0 Å². The van der Waals surface area contributed by atoms with Crippen molar-refractivity contribution in [3.05, 3.63) is 12.0 Å². The summed E-state index contributed by atoms with van der Waals surface area (Å²) in [6, 6.07) is -0.721. The van der Waals surface area contributed by atoms with Gasteiger partial charge < -0.3 is 19.9 Å². The zero-order chi connectivity index (χ0) is 17.2. The van der Waals surface area contributed by atoms with E-state index in [1.807, 2.05) is 0 Å². The molecular weight excluding hydrogens is 322 g/mol. The van der Waals surface area contributed by atoms with Gasteiger partial charge in [-0.3, -0.25) is 4.79 Å². The van der Waals surface area contributed by atoms with Gasteiger partial charge in [-0.05, 0) is 6.92 Å². The standard InChI is InChI=1S/C13H23N5O4S/c1-10-15-12(8-16(10)2)23(20,21)18-6-4-17(5-7-18)13(19)11(14)9-22-3/h8,11H,4-7,9,14H2,1-3H3. The molecule has 0 aliphatic carbocycles. The fraction of sp³-hybridized carbons (Fsp3) is 0.692. The number of carbonyl (C=O) groups excluding carboxylic acids is 1. The summed E-state index contributed by atoms with van der Waals surface area (Å²) in [5.41, 5.74) is 5.73. The first-order chi connectivity index (χ1) is 10.8. The van der Waals surface area contributed by atoms with E-state index in [1.54, 1.807) is 23.4 Å². The molecule has 1 fully saturated rings. The SMILES string of the molecule is COCC(N)C(=O)N1CCN(S(=O)(=O)c2cn(C)c(C)n2)CC1. The van der Waals surface area contributed by atoms with Gasteiger partial charge in [0.1, 0.15) is 11.9 Å². The van der Waals surface area contributed by atoms with Crippen molar-refractivity contribution in [1.29, 1.82) is 0 Å². The number of carbonyl (C=O) groups is 1. The third kappa shape index (κ3) is 3.71. The third-order valence-electron chi connectivity index (χ3n) is 3.90. The number of piperazine rings is 1.